The quantitative estimate of drug-likeness (QED) is 0.740. The SMILES string of the molecule is CCc1cccc(OCC(=O)c2cc(Cl)ccc2Cl)c1. The van der Waals surface area contributed by atoms with E-state index < -0.39 is 0 Å². The summed E-state index contributed by atoms with van der Waals surface area (Å²) in [6.07, 6.45) is 0.922. The van der Waals surface area contributed by atoms with Gasteiger partial charge in [-0.15, -0.1) is 0 Å². The second-order valence-electron chi connectivity index (χ2n) is 4.34. The number of ether oxygens (including phenoxy) is 1. The molecule has 0 radical (unpaired) electrons. The number of carbonyl (C=O) groups excluding carboxylic acids is 1. The predicted octanol–water partition coefficient (Wildman–Crippen LogP) is 4.82. The predicted molar refractivity (Wildman–Crippen MR) is 82.1 cm³/mol. The third-order valence-electron chi connectivity index (χ3n) is 2.91. The van der Waals surface area contributed by atoms with E-state index in [1.54, 1.807) is 18.2 Å². The normalized spacial score (nSPS) is 10.3. The van der Waals surface area contributed by atoms with Gasteiger partial charge in [-0.2, -0.15) is 0 Å². The second-order valence-corrected chi connectivity index (χ2v) is 5.18. The molecule has 0 bridgehead atoms. The van der Waals surface area contributed by atoms with Gasteiger partial charge in [-0.1, -0.05) is 42.3 Å². The second kappa shape index (κ2) is 6.78. The molecule has 0 aliphatic carbocycles. The van der Waals surface area contributed by atoms with Crippen LogP contribution in [0.3, 0.4) is 0 Å². The first-order chi connectivity index (χ1) is 9.60. The summed E-state index contributed by atoms with van der Waals surface area (Å²) in [4.78, 5) is 12.1. The molecule has 2 aromatic carbocycles. The monoisotopic (exact) mass is 308 g/mol. The smallest absolute Gasteiger partial charge is 0.201 e. The van der Waals surface area contributed by atoms with E-state index in [-0.39, 0.29) is 12.4 Å². The van der Waals surface area contributed by atoms with Gasteiger partial charge in [-0.05, 0) is 42.3 Å². The van der Waals surface area contributed by atoms with Crippen molar-refractivity contribution >= 4 is 29.0 Å². The molecule has 0 saturated heterocycles. The van der Waals surface area contributed by atoms with Crippen LogP contribution >= 0.6 is 23.2 Å². The highest BCUT2D eigenvalue weighted by molar-refractivity contribution is 6.35. The van der Waals surface area contributed by atoms with Crippen LogP contribution in [0, 0.1) is 0 Å². The molecule has 0 fully saturated rings. The molecule has 0 N–H and O–H groups in total. The lowest BCUT2D eigenvalue weighted by Gasteiger charge is -2.08. The fourth-order valence-corrected chi connectivity index (χ4v) is 2.19. The zero-order chi connectivity index (χ0) is 14.5. The molecule has 0 spiro atoms. The molecule has 2 nitrogen and oxygen atoms in total. The average Bonchev–Trinajstić information content (AvgIpc) is 2.47. The van der Waals surface area contributed by atoms with Gasteiger partial charge in [-0.3, -0.25) is 4.79 Å². The highest BCUT2D eigenvalue weighted by Gasteiger charge is 2.12. The largest absolute Gasteiger partial charge is 0.485 e. The van der Waals surface area contributed by atoms with Crippen LogP contribution in [-0.2, 0) is 6.42 Å². The third-order valence-corrected chi connectivity index (χ3v) is 3.47. The van der Waals surface area contributed by atoms with Crippen molar-refractivity contribution in [2.45, 2.75) is 13.3 Å². The Morgan fingerprint density at radius 3 is 2.70 bits per heavy atom. The fourth-order valence-electron chi connectivity index (χ4n) is 1.79. The van der Waals surface area contributed by atoms with Gasteiger partial charge in [0.05, 0.1) is 5.02 Å². The van der Waals surface area contributed by atoms with Crippen LogP contribution in [-0.4, -0.2) is 12.4 Å². The topological polar surface area (TPSA) is 26.3 Å². The van der Waals surface area contributed by atoms with Crippen LogP contribution < -0.4 is 4.74 Å². The maximum absolute atomic E-state index is 12.1. The number of Topliss-reactive ketones (excluding diaryl/α,β-unsaturated/α-hetero) is 1. The summed E-state index contributed by atoms with van der Waals surface area (Å²) in [7, 11) is 0. The lowest BCUT2D eigenvalue weighted by Crippen LogP contribution is -2.12. The first-order valence-corrected chi connectivity index (χ1v) is 7.05. The Kier molecular flexibility index (Phi) is 5.05. The van der Waals surface area contributed by atoms with Crippen LogP contribution in [0.1, 0.15) is 22.8 Å². The summed E-state index contributed by atoms with van der Waals surface area (Å²) >= 11 is 11.9. The number of hydrogen-bond acceptors (Lipinski definition) is 2. The number of benzene rings is 2. The van der Waals surface area contributed by atoms with Crippen molar-refractivity contribution in [3.8, 4) is 5.75 Å². The van der Waals surface area contributed by atoms with Crippen molar-refractivity contribution in [2.75, 3.05) is 6.61 Å². The zero-order valence-corrected chi connectivity index (χ0v) is 12.5. The molecule has 0 saturated carbocycles. The van der Waals surface area contributed by atoms with Gasteiger partial charge in [0.25, 0.3) is 0 Å². The number of aryl methyl sites for hydroxylation is 1. The molecule has 0 unspecified atom stereocenters. The van der Waals surface area contributed by atoms with E-state index in [2.05, 4.69) is 6.92 Å². The Morgan fingerprint density at radius 1 is 1.15 bits per heavy atom. The minimum absolute atomic E-state index is 0.0623. The number of carbonyl (C=O) groups is 1. The molecule has 20 heavy (non-hydrogen) atoms. The summed E-state index contributed by atoms with van der Waals surface area (Å²) in [6.45, 7) is 2.00. The summed E-state index contributed by atoms with van der Waals surface area (Å²) in [5, 5.41) is 0.857. The van der Waals surface area contributed by atoms with Crippen molar-refractivity contribution in [2.24, 2.45) is 0 Å². The molecule has 0 aliphatic heterocycles. The van der Waals surface area contributed by atoms with Gasteiger partial charge in [0.15, 0.2) is 6.61 Å². The summed E-state index contributed by atoms with van der Waals surface area (Å²) in [5.74, 6) is 0.482. The Hall–Kier alpha value is -1.51. The lowest BCUT2D eigenvalue weighted by atomic mass is 10.1. The van der Waals surface area contributed by atoms with Gasteiger partial charge in [0.1, 0.15) is 5.75 Å². The number of halogens is 2. The van der Waals surface area contributed by atoms with Crippen LogP contribution in [0.15, 0.2) is 42.5 Å². The van der Waals surface area contributed by atoms with Crippen molar-refractivity contribution in [1.29, 1.82) is 0 Å². The van der Waals surface area contributed by atoms with Crippen molar-refractivity contribution in [3.63, 3.8) is 0 Å². The van der Waals surface area contributed by atoms with Gasteiger partial charge in [0, 0.05) is 10.6 Å². The van der Waals surface area contributed by atoms with E-state index in [1.807, 2.05) is 24.3 Å². The fraction of sp³-hybridized carbons (Fsp3) is 0.188. The first-order valence-electron chi connectivity index (χ1n) is 6.30. The molecule has 104 valence electrons. The summed E-state index contributed by atoms with van der Waals surface area (Å²) in [6, 6.07) is 12.5. The maximum atomic E-state index is 12.1. The lowest BCUT2D eigenvalue weighted by molar-refractivity contribution is 0.0921. The number of ketones is 1. The molecule has 0 atom stereocenters. The van der Waals surface area contributed by atoms with Crippen molar-refractivity contribution in [3.05, 3.63) is 63.6 Å². The molecular weight excluding hydrogens is 295 g/mol. The van der Waals surface area contributed by atoms with Crippen LogP contribution in [0.5, 0.6) is 5.75 Å². The molecular formula is C16H14Cl2O2. The third kappa shape index (κ3) is 3.75. The Morgan fingerprint density at radius 2 is 1.95 bits per heavy atom. The van der Waals surface area contributed by atoms with Crippen molar-refractivity contribution < 1.29 is 9.53 Å². The minimum Gasteiger partial charge on any atom is -0.485 e. The van der Waals surface area contributed by atoms with Gasteiger partial charge in [-0.25, -0.2) is 0 Å². The zero-order valence-electron chi connectivity index (χ0n) is 11.0. The highest BCUT2D eigenvalue weighted by atomic mass is 35.5. The van der Waals surface area contributed by atoms with Gasteiger partial charge in [0.2, 0.25) is 5.78 Å². The minimum atomic E-state index is -0.195. The number of hydrogen-bond donors (Lipinski definition) is 0. The van der Waals surface area contributed by atoms with Gasteiger partial charge < -0.3 is 4.74 Å². The maximum Gasteiger partial charge on any atom is 0.201 e. The van der Waals surface area contributed by atoms with E-state index in [0.717, 1.165) is 12.0 Å². The number of rotatable bonds is 5. The van der Waals surface area contributed by atoms with E-state index in [1.165, 1.54) is 0 Å². The summed E-state index contributed by atoms with van der Waals surface area (Å²) < 4.78 is 5.51. The van der Waals surface area contributed by atoms with Crippen LogP contribution in [0.4, 0.5) is 0 Å². The Labute approximate surface area is 128 Å². The van der Waals surface area contributed by atoms with E-state index in [4.69, 9.17) is 27.9 Å². The van der Waals surface area contributed by atoms with Crippen LogP contribution in [0.25, 0.3) is 0 Å². The van der Waals surface area contributed by atoms with Gasteiger partial charge >= 0.3 is 0 Å². The molecule has 0 amide bonds. The van der Waals surface area contributed by atoms with Crippen LogP contribution in [0.2, 0.25) is 10.0 Å². The Balaban J connectivity index is 2.06. The first kappa shape index (κ1) is 14.9. The average molecular weight is 309 g/mol. The molecule has 4 heteroatoms. The van der Waals surface area contributed by atoms with E-state index in [9.17, 15) is 4.79 Å². The molecule has 0 heterocycles. The Bertz CT molecular complexity index is 624. The molecule has 2 rings (SSSR count). The molecule has 2 aromatic rings. The summed E-state index contributed by atoms with van der Waals surface area (Å²) in [5.41, 5.74) is 1.54. The standard InChI is InChI=1S/C16H14Cl2O2/c1-2-11-4-3-5-13(8-11)20-10-16(19)14-9-12(17)6-7-15(14)18/h3-9H,2,10H2,1H3. The van der Waals surface area contributed by atoms with E-state index >= 15 is 0 Å². The molecule has 0 aliphatic rings. The van der Waals surface area contributed by atoms with E-state index in [0.29, 0.717) is 21.4 Å². The van der Waals surface area contributed by atoms with Crippen molar-refractivity contribution in [1.82, 2.24) is 0 Å². The molecule has 0 aromatic heterocycles. The highest BCUT2D eigenvalue weighted by Crippen LogP contribution is 2.21.